The quantitative estimate of drug-likeness (QED) is 0.780. The van der Waals surface area contributed by atoms with E-state index < -0.39 is 6.04 Å². The summed E-state index contributed by atoms with van der Waals surface area (Å²) in [5.41, 5.74) is 5.80. The molecule has 1 aliphatic rings. The summed E-state index contributed by atoms with van der Waals surface area (Å²) >= 11 is 4.68. The van der Waals surface area contributed by atoms with Gasteiger partial charge in [-0.3, -0.25) is 9.59 Å². The Morgan fingerprint density at radius 2 is 2.22 bits per heavy atom. The number of piperidine rings is 1. The average Bonchev–Trinajstić information content (AvgIpc) is 2.93. The first kappa shape index (κ1) is 20.4. The largest absolute Gasteiger partial charge is 0.340 e. The molecule has 3 atom stereocenters. The van der Waals surface area contributed by atoms with Crippen LogP contribution in [0.3, 0.4) is 0 Å². The maximum absolute atomic E-state index is 12.6. The van der Waals surface area contributed by atoms with E-state index >= 15 is 0 Å². The predicted molar refractivity (Wildman–Crippen MR) is 99.1 cm³/mol. The van der Waals surface area contributed by atoms with Crippen LogP contribution in [0, 0.1) is 5.92 Å². The Kier molecular flexibility index (Phi) is 8.00. The molecule has 2 rings (SSSR count). The molecule has 0 radical (unpaired) electrons. The molecule has 0 saturated carbocycles. The molecule has 1 aliphatic heterocycles. The van der Waals surface area contributed by atoms with Gasteiger partial charge in [0.1, 0.15) is 6.04 Å². The van der Waals surface area contributed by atoms with Crippen LogP contribution >= 0.6 is 39.7 Å². The van der Waals surface area contributed by atoms with Gasteiger partial charge in [-0.2, -0.15) is 0 Å². The fraction of sp³-hybridized carbons (Fsp3) is 0.600. The third-order valence-corrected chi connectivity index (χ3v) is 5.67. The summed E-state index contributed by atoms with van der Waals surface area (Å²) in [7, 11) is 0. The first-order valence-electron chi connectivity index (χ1n) is 7.49. The minimum atomic E-state index is -0.546. The number of amides is 2. The van der Waals surface area contributed by atoms with Gasteiger partial charge in [-0.15, -0.1) is 23.7 Å². The van der Waals surface area contributed by atoms with Crippen LogP contribution in [0.2, 0.25) is 0 Å². The van der Waals surface area contributed by atoms with Crippen molar-refractivity contribution in [1.82, 2.24) is 10.2 Å². The van der Waals surface area contributed by atoms with Gasteiger partial charge in [0, 0.05) is 19.1 Å². The molecule has 0 spiro atoms. The second-order valence-corrected chi connectivity index (χ2v) is 8.31. The smallest absolute Gasteiger partial charge is 0.262 e. The number of carbonyl (C=O) groups is 2. The maximum Gasteiger partial charge on any atom is 0.262 e. The van der Waals surface area contributed by atoms with Crippen LogP contribution in [0.25, 0.3) is 0 Å². The zero-order chi connectivity index (χ0) is 16.3. The Morgan fingerprint density at radius 1 is 1.52 bits per heavy atom. The van der Waals surface area contributed by atoms with E-state index in [-0.39, 0.29) is 30.3 Å². The van der Waals surface area contributed by atoms with Crippen LogP contribution < -0.4 is 11.1 Å². The minimum absolute atomic E-state index is 0. The Morgan fingerprint density at radius 3 is 2.78 bits per heavy atom. The van der Waals surface area contributed by atoms with Gasteiger partial charge in [0.15, 0.2) is 0 Å². The molecule has 0 aliphatic carbocycles. The predicted octanol–water partition coefficient (Wildman–Crippen LogP) is 2.64. The van der Waals surface area contributed by atoms with Gasteiger partial charge in [0.2, 0.25) is 5.91 Å². The molecule has 2 amide bonds. The minimum Gasteiger partial charge on any atom is -0.340 e. The molecule has 1 saturated heterocycles. The number of rotatable bonds is 4. The molecule has 3 unspecified atom stereocenters. The fourth-order valence-corrected chi connectivity index (χ4v) is 4.07. The second kappa shape index (κ2) is 9.01. The average molecular weight is 425 g/mol. The van der Waals surface area contributed by atoms with Crippen LogP contribution in [0.1, 0.15) is 36.4 Å². The molecule has 23 heavy (non-hydrogen) atoms. The van der Waals surface area contributed by atoms with E-state index in [1.165, 1.54) is 11.3 Å². The monoisotopic (exact) mass is 423 g/mol. The number of likely N-dealkylation sites (tertiary alicyclic amines) is 1. The number of hydrogen-bond acceptors (Lipinski definition) is 4. The Labute approximate surface area is 155 Å². The van der Waals surface area contributed by atoms with Gasteiger partial charge in [-0.05, 0) is 53.7 Å². The van der Waals surface area contributed by atoms with Gasteiger partial charge >= 0.3 is 0 Å². The van der Waals surface area contributed by atoms with Gasteiger partial charge in [0.25, 0.3) is 5.91 Å². The van der Waals surface area contributed by atoms with E-state index in [4.69, 9.17) is 5.73 Å². The number of hydrogen-bond donors (Lipinski definition) is 2. The van der Waals surface area contributed by atoms with Crippen molar-refractivity contribution in [3.05, 3.63) is 20.8 Å². The van der Waals surface area contributed by atoms with Crippen molar-refractivity contribution in [3.63, 3.8) is 0 Å². The summed E-state index contributed by atoms with van der Waals surface area (Å²) in [5.74, 6) is 0.323. The van der Waals surface area contributed by atoms with Crippen molar-refractivity contribution in [2.75, 3.05) is 13.1 Å². The Balaban J connectivity index is 0.00000264. The number of carbonyl (C=O) groups excluding carboxylic acids is 2. The van der Waals surface area contributed by atoms with Crippen LogP contribution in [0.15, 0.2) is 15.9 Å². The van der Waals surface area contributed by atoms with Gasteiger partial charge in [-0.25, -0.2) is 0 Å². The topological polar surface area (TPSA) is 75.4 Å². The van der Waals surface area contributed by atoms with Crippen LogP contribution in [0.5, 0.6) is 0 Å². The summed E-state index contributed by atoms with van der Waals surface area (Å²) < 4.78 is 0.893. The van der Waals surface area contributed by atoms with Gasteiger partial charge in [0.05, 0.1) is 8.66 Å². The summed E-state index contributed by atoms with van der Waals surface area (Å²) in [5, 5.41) is 2.78. The van der Waals surface area contributed by atoms with E-state index in [9.17, 15) is 9.59 Å². The van der Waals surface area contributed by atoms with Crippen LogP contribution in [-0.2, 0) is 4.79 Å². The molecule has 1 aromatic rings. The Bertz CT molecular complexity index is 555. The summed E-state index contributed by atoms with van der Waals surface area (Å²) in [6.45, 7) is 5.10. The number of nitrogens with zero attached hydrogens (tertiary/aromatic N) is 1. The van der Waals surface area contributed by atoms with Crippen molar-refractivity contribution in [2.45, 2.75) is 38.8 Å². The van der Waals surface area contributed by atoms with E-state index in [2.05, 4.69) is 28.2 Å². The number of thiophene rings is 1. The Hall–Kier alpha value is -0.630. The van der Waals surface area contributed by atoms with E-state index in [1.54, 1.807) is 13.0 Å². The fourth-order valence-electron chi connectivity index (χ4n) is 2.78. The lowest BCUT2D eigenvalue weighted by molar-refractivity contribution is -0.136. The third kappa shape index (κ3) is 5.17. The molecule has 0 bridgehead atoms. The van der Waals surface area contributed by atoms with Crippen molar-refractivity contribution in [3.8, 4) is 0 Å². The highest BCUT2D eigenvalue weighted by Crippen LogP contribution is 2.23. The standard InChI is InChI=1S/C15H22BrN3O2S.ClH/c1-9-5-6-19(11(7-9)8-17)15(21)10(2)18-14(20)12-3-4-13(16)22-12;/h3-4,9-11H,5-8,17H2,1-2H3,(H,18,20);1H. The zero-order valence-electron chi connectivity index (χ0n) is 13.3. The molecule has 1 aromatic heterocycles. The summed E-state index contributed by atoms with van der Waals surface area (Å²) in [6.07, 6.45) is 1.92. The number of nitrogens with one attached hydrogen (secondary N) is 1. The molecule has 8 heteroatoms. The van der Waals surface area contributed by atoms with Crippen molar-refractivity contribution in [1.29, 1.82) is 0 Å². The number of halogens is 2. The van der Waals surface area contributed by atoms with E-state index in [1.807, 2.05) is 11.0 Å². The highest BCUT2D eigenvalue weighted by molar-refractivity contribution is 9.11. The number of nitrogens with two attached hydrogens (primary N) is 1. The normalized spacial score (nSPS) is 22.2. The highest BCUT2D eigenvalue weighted by Gasteiger charge is 2.32. The third-order valence-electron chi connectivity index (χ3n) is 4.05. The molecule has 1 fully saturated rings. The van der Waals surface area contributed by atoms with Gasteiger partial charge < -0.3 is 16.0 Å². The van der Waals surface area contributed by atoms with Crippen LogP contribution in [-0.4, -0.2) is 41.9 Å². The molecule has 2 heterocycles. The van der Waals surface area contributed by atoms with E-state index in [0.29, 0.717) is 23.9 Å². The first-order valence-corrected chi connectivity index (χ1v) is 9.10. The molecule has 3 N–H and O–H groups in total. The SMILES string of the molecule is CC1CCN(C(=O)C(C)NC(=O)c2ccc(Br)s2)C(CN)C1.Cl. The second-order valence-electron chi connectivity index (χ2n) is 5.85. The lowest BCUT2D eigenvalue weighted by atomic mass is 9.92. The summed E-state index contributed by atoms with van der Waals surface area (Å²) in [6, 6.07) is 3.09. The highest BCUT2D eigenvalue weighted by atomic mass is 79.9. The maximum atomic E-state index is 12.6. The zero-order valence-corrected chi connectivity index (χ0v) is 16.5. The molecule has 130 valence electrons. The van der Waals surface area contributed by atoms with E-state index in [0.717, 1.165) is 16.6 Å². The first-order chi connectivity index (χ1) is 10.4. The summed E-state index contributed by atoms with van der Waals surface area (Å²) in [4.78, 5) is 27.2. The van der Waals surface area contributed by atoms with Crippen molar-refractivity contribution >= 4 is 51.5 Å². The molecular weight excluding hydrogens is 402 g/mol. The molecule has 5 nitrogen and oxygen atoms in total. The van der Waals surface area contributed by atoms with Crippen molar-refractivity contribution < 1.29 is 9.59 Å². The lowest BCUT2D eigenvalue weighted by Gasteiger charge is -2.39. The van der Waals surface area contributed by atoms with Crippen molar-refractivity contribution in [2.24, 2.45) is 11.7 Å². The lowest BCUT2D eigenvalue weighted by Crippen LogP contribution is -2.55. The van der Waals surface area contributed by atoms with Gasteiger partial charge in [-0.1, -0.05) is 6.92 Å². The van der Waals surface area contributed by atoms with Crippen LogP contribution in [0.4, 0.5) is 0 Å². The molecule has 0 aromatic carbocycles. The molecular formula is C15H23BrClN3O2S.